The molecule has 264 valence electrons. The number of hydrogen-bond acceptors (Lipinski definition) is 6. The molecule has 0 unspecified atom stereocenters. The van der Waals surface area contributed by atoms with Crippen molar-refractivity contribution in [3.63, 3.8) is 0 Å². The molecule has 0 radical (unpaired) electrons. The van der Waals surface area contributed by atoms with E-state index in [2.05, 4.69) is 34.8 Å². The first-order chi connectivity index (χ1) is 23.8. The lowest BCUT2D eigenvalue weighted by molar-refractivity contribution is -0.143. The molecule has 2 aliphatic rings. The van der Waals surface area contributed by atoms with Crippen molar-refractivity contribution in [3.05, 3.63) is 112 Å². The maximum Gasteiger partial charge on any atom is 0.416 e. The van der Waals surface area contributed by atoms with Gasteiger partial charge in [-0.15, -0.1) is 0 Å². The Hall–Kier alpha value is -4.58. The van der Waals surface area contributed by atoms with E-state index in [1.165, 1.54) is 0 Å². The van der Waals surface area contributed by atoms with Crippen LogP contribution in [0.15, 0.2) is 73.1 Å². The summed E-state index contributed by atoms with van der Waals surface area (Å²) in [5.74, 6) is 1.08. The second-order valence-corrected chi connectivity index (χ2v) is 12.8. The number of rotatable bonds is 9. The average molecular weight is 697 g/mol. The van der Waals surface area contributed by atoms with E-state index < -0.39 is 23.5 Å². The number of ether oxygens (including phenoxy) is 2. The zero-order valence-corrected chi connectivity index (χ0v) is 28.0. The van der Waals surface area contributed by atoms with Gasteiger partial charge in [0.15, 0.2) is 0 Å². The van der Waals surface area contributed by atoms with E-state index in [0.29, 0.717) is 38.5 Å². The zero-order chi connectivity index (χ0) is 35.6. The standard InChI is InChI=1S/C38H38F6N4O2/c1-24(2)27-9-11-35(49-3)33(18-27)32-10-8-26-6-4-5-7-31(26)34(32)23-48(36-45-20-30(21-46-36)47-12-14-50-15-13-47)22-25-16-28(37(39,40)41)19-29(17-25)38(42,43)44/h4-7,9,11,16-21,24H,8,10,12-15,22-23H2,1-3H3. The summed E-state index contributed by atoms with van der Waals surface area (Å²) >= 11 is 0. The van der Waals surface area contributed by atoms with Crippen LogP contribution >= 0.6 is 0 Å². The summed E-state index contributed by atoms with van der Waals surface area (Å²) < 4.78 is 94.8. The third-order valence-electron chi connectivity index (χ3n) is 9.22. The van der Waals surface area contributed by atoms with Gasteiger partial charge in [-0.1, -0.05) is 44.2 Å². The number of fused-ring (bicyclic) bond motifs is 1. The molecule has 1 aromatic heterocycles. The van der Waals surface area contributed by atoms with Gasteiger partial charge in [-0.3, -0.25) is 0 Å². The lowest BCUT2D eigenvalue weighted by atomic mass is 9.81. The van der Waals surface area contributed by atoms with Gasteiger partial charge in [0.05, 0.1) is 49.5 Å². The Morgan fingerprint density at radius 1 is 0.820 bits per heavy atom. The summed E-state index contributed by atoms with van der Waals surface area (Å²) in [5.41, 5.74) is 3.72. The van der Waals surface area contributed by atoms with Crippen LogP contribution in [0.3, 0.4) is 0 Å². The summed E-state index contributed by atoms with van der Waals surface area (Å²) in [6, 6.07) is 15.6. The number of allylic oxidation sites excluding steroid dienone is 1. The van der Waals surface area contributed by atoms with E-state index >= 15 is 0 Å². The molecule has 50 heavy (non-hydrogen) atoms. The molecule has 2 heterocycles. The molecule has 1 aliphatic carbocycles. The number of morpholine rings is 1. The number of hydrogen-bond donors (Lipinski definition) is 0. The van der Waals surface area contributed by atoms with Crippen molar-refractivity contribution in [1.29, 1.82) is 0 Å². The molecular weight excluding hydrogens is 658 g/mol. The maximum absolute atomic E-state index is 13.9. The Kier molecular flexibility index (Phi) is 10.1. The third kappa shape index (κ3) is 7.75. The quantitative estimate of drug-likeness (QED) is 0.163. The highest BCUT2D eigenvalue weighted by Gasteiger charge is 2.37. The van der Waals surface area contributed by atoms with Crippen molar-refractivity contribution < 1.29 is 35.8 Å². The first-order valence-corrected chi connectivity index (χ1v) is 16.5. The van der Waals surface area contributed by atoms with E-state index in [1.54, 1.807) is 24.4 Å². The van der Waals surface area contributed by atoms with Crippen molar-refractivity contribution >= 4 is 22.8 Å². The SMILES string of the molecule is COc1ccc(C(C)C)cc1C1=C(CN(Cc2cc(C(F)(F)F)cc(C(F)(F)F)c2)c2ncc(N3CCOCC3)cn2)c2ccccc2CC1. The number of halogens is 6. The largest absolute Gasteiger partial charge is 0.496 e. The van der Waals surface area contributed by atoms with Crippen molar-refractivity contribution in [2.75, 3.05) is 49.8 Å². The third-order valence-corrected chi connectivity index (χ3v) is 9.22. The molecule has 1 fully saturated rings. The topological polar surface area (TPSA) is 50.7 Å². The van der Waals surface area contributed by atoms with Gasteiger partial charge in [-0.05, 0) is 82.5 Å². The van der Waals surface area contributed by atoms with Gasteiger partial charge in [0.1, 0.15) is 5.75 Å². The number of benzene rings is 3. The molecule has 6 rings (SSSR count). The summed E-state index contributed by atoms with van der Waals surface area (Å²) in [4.78, 5) is 13.0. The first kappa shape index (κ1) is 35.3. The number of aromatic nitrogens is 2. The monoisotopic (exact) mass is 696 g/mol. The number of alkyl halides is 6. The Bertz CT molecular complexity index is 1820. The molecule has 1 aliphatic heterocycles. The molecule has 0 amide bonds. The van der Waals surface area contributed by atoms with Gasteiger partial charge in [0.2, 0.25) is 5.95 Å². The summed E-state index contributed by atoms with van der Waals surface area (Å²) in [6.45, 7) is 6.36. The minimum Gasteiger partial charge on any atom is -0.496 e. The van der Waals surface area contributed by atoms with Crippen LogP contribution in [0.25, 0.3) is 11.1 Å². The minimum atomic E-state index is -4.98. The van der Waals surface area contributed by atoms with Crippen LogP contribution in [0.4, 0.5) is 38.0 Å². The molecule has 6 nitrogen and oxygen atoms in total. The van der Waals surface area contributed by atoms with Gasteiger partial charge in [-0.2, -0.15) is 26.3 Å². The maximum atomic E-state index is 13.9. The smallest absolute Gasteiger partial charge is 0.416 e. The van der Waals surface area contributed by atoms with Crippen LogP contribution in [-0.2, 0) is 30.1 Å². The summed E-state index contributed by atoms with van der Waals surface area (Å²) in [6.07, 6.45) is -5.30. The summed E-state index contributed by atoms with van der Waals surface area (Å²) in [5, 5.41) is 0. The summed E-state index contributed by atoms with van der Waals surface area (Å²) in [7, 11) is 1.60. The zero-order valence-electron chi connectivity index (χ0n) is 28.0. The Balaban J connectivity index is 1.50. The molecule has 3 aromatic carbocycles. The lowest BCUT2D eigenvalue weighted by Crippen LogP contribution is -2.36. The Labute approximate surface area is 287 Å². The van der Waals surface area contributed by atoms with Crippen molar-refractivity contribution in [2.45, 2.75) is 51.5 Å². The van der Waals surface area contributed by atoms with Gasteiger partial charge >= 0.3 is 12.4 Å². The highest BCUT2D eigenvalue weighted by Crippen LogP contribution is 2.42. The second kappa shape index (κ2) is 14.3. The molecule has 0 bridgehead atoms. The van der Waals surface area contributed by atoms with Crippen molar-refractivity contribution in [3.8, 4) is 5.75 Å². The van der Waals surface area contributed by atoms with Crippen molar-refractivity contribution in [2.24, 2.45) is 0 Å². The van der Waals surface area contributed by atoms with Crippen LogP contribution in [0.2, 0.25) is 0 Å². The fourth-order valence-corrected chi connectivity index (χ4v) is 6.59. The van der Waals surface area contributed by atoms with Crippen LogP contribution in [0.1, 0.15) is 65.1 Å². The fourth-order valence-electron chi connectivity index (χ4n) is 6.59. The number of methoxy groups -OCH3 is 1. The fraction of sp³-hybridized carbons (Fsp3) is 0.368. The average Bonchev–Trinajstić information content (AvgIpc) is 3.10. The van der Waals surface area contributed by atoms with Gasteiger partial charge in [-0.25, -0.2) is 9.97 Å². The molecule has 0 saturated carbocycles. The molecule has 12 heteroatoms. The van der Waals surface area contributed by atoms with E-state index in [4.69, 9.17) is 9.47 Å². The molecule has 0 atom stereocenters. The van der Waals surface area contributed by atoms with Crippen molar-refractivity contribution in [1.82, 2.24) is 9.97 Å². The van der Waals surface area contributed by atoms with Crippen LogP contribution < -0.4 is 14.5 Å². The van der Waals surface area contributed by atoms with Crippen LogP contribution in [0.5, 0.6) is 5.75 Å². The first-order valence-electron chi connectivity index (χ1n) is 16.5. The van der Waals surface area contributed by atoms with E-state index in [1.807, 2.05) is 36.4 Å². The molecule has 0 spiro atoms. The minimum absolute atomic E-state index is 0.107. The predicted molar refractivity (Wildman–Crippen MR) is 181 cm³/mol. The van der Waals surface area contributed by atoms with E-state index in [-0.39, 0.29) is 36.6 Å². The highest BCUT2D eigenvalue weighted by molar-refractivity contribution is 5.96. The lowest BCUT2D eigenvalue weighted by Gasteiger charge is -2.31. The highest BCUT2D eigenvalue weighted by atomic mass is 19.4. The normalized spacial score (nSPS) is 15.4. The molecular formula is C38H38F6N4O2. The Morgan fingerprint density at radius 2 is 1.48 bits per heavy atom. The van der Waals surface area contributed by atoms with Crippen LogP contribution in [0, 0.1) is 0 Å². The molecule has 0 N–H and O–H groups in total. The Morgan fingerprint density at radius 3 is 2.10 bits per heavy atom. The second-order valence-electron chi connectivity index (χ2n) is 12.8. The number of anilines is 2. The predicted octanol–water partition coefficient (Wildman–Crippen LogP) is 9.05. The van der Waals surface area contributed by atoms with Gasteiger partial charge < -0.3 is 19.3 Å². The number of aryl methyl sites for hydroxylation is 1. The molecule has 4 aromatic rings. The number of nitrogens with zero attached hydrogens (tertiary/aromatic N) is 4. The molecule has 1 saturated heterocycles. The van der Waals surface area contributed by atoms with Gasteiger partial charge in [0, 0.05) is 31.7 Å². The van der Waals surface area contributed by atoms with Gasteiger partial charge in [0.25, 0.3) is 0 Å². The van der Waals surface area contributed by atoms with E-state index in [9.17, 15) is 26.3 Å². The van der Waals surface area contributed by atoms with E-state index in [0.717, 1.165) is 57.6 Å². The van der Waals surface area contributed by atoms with Crippen LogP contribution in [-0.4, -0.2) is 49.9 Å².